The van der Waals surface area contributed by atoms with E-state index >= 15 is 0 Å². The molecule has 0 radical (unpaired) electrons. The lowest BCUT2D eigenvalue weighted by Crippen LogP contribution is -2.17. The van der Waals surface area contributed by atoms with E-state index in [1.807, 2.05) is 13.8 Å². The summed E-state index contributed by atoms with van der Waals surface area (Å²) in [6.07, 6.45) is 0.379. The molecule has 4 N–H and O–H groups in total. The molecule has 0 aliphatic carbocycles. The van der Waals surface area contributed by atoms with Crippen LogP contribution in [0.4, 0.5) is 4.79 Å². The highest BCUT2D eigenvalue weighted by Crippen LogP contribution is 2.33. The molecule has 2 aromatic carbocycles. The summed E-state index contributed by atoms with van der Waals surface area (Å²) in [5.41, 5.74) is 8.61. The highest BCUT2D eigenvalue weighted by Gasteiger charge is 2.21. The molecule has 1 amide bonds. The Balaban J connectivity index is 1.53. The lowest BCUT2D eigenvalue weighted by molar-refractivity contribution is 0.209. The number of aromatic amines is 2. The molecule has 182 valence electrons. The Morgan fingerprint density at radius 2 is 1.78 bits per heavy atom. The summed E-state index contributed by atoms with van der Waals surface area (Å²) in [4.78, 5) is 37.9. The van der Waals surface area contributed by atoms with Gasteiger partial charge in [-0.25, -0.2) is 19.6 Å². The normalized spacial score (nSPS) is 12.2. The molecule has 0 bridgehead atoms. The van der Waals surface area contributed by atoms with Gasteiger partial charge in [-0.3, -0.25) is 0 Å². The average molecular weight is 505 g/mol. The predicted molar refractivity (Wildman–Crippen MR) is 133 cm³/mol. The molecule has 0 aliphatic heterocycles. The summed E-state index contributed by atoms with van der Waals surface area (Å²) in [5, 5.41) is 4.09. The minimum atomic E-state index is -1.12. The van der Waals surface area contributed by atoms with Crippen LogP contribution in [0.15, 0.2) is 68.9 Å². The third-order valence-electron chi connectivity index (χ3n) is 5.30. The van der Waals surface area contributed by atoms with Gasteiger partial charge in [0.25, 0.3) is 5.88 Å². The first kappa shape index (κ1) is 23.3. The summed E-state index contributed by atoms with van der Waals surface area (Å²) in [6.45, 7) is 3.78. The molecule has 3 aromatic heterocycles. The first-order chi connectivity index (χ1) is 17.3. The number of hydrogen-bond donors (Lipinski definition) is 3. The molecule has 1 atom stereocenters. The second-order valence-electron chi connectivity index (χ2n) is 8.12. The quantitative estimate of drug-likeness (QED) is 0.294. The number of hydrogen-bond acceptors (Lipinski definition) is 8. The summed E-state index contributed by atoms with van der Waals surface area (Å²) >= 11 is -1.12. The first-order valence-corrected chi connectivity index (χ1v) is 12.0. The molecule has 11 nitrogen and oxygen atoms in total. The van der Waals surface area contributed by atoms with Crippen molar-refractivity contribution in [1.29, 1.82) is 0 Å². The number of nitrogens with zero attached hydrogens (tertiary/aromatic N) is 3. The van der Waals surface area contributed by atoms with E-state index in [4.69, 9.17) is 15.0 Å². The van der Waals surface area contributed by atoms with Gasteiger partial charge in [-0.2, -0.15) is 0 Å². The van der Waals surface area contributed by atoms with Gasteiger partial charge in [0.1, 0.15) is 10.9 Å². The fraction of sp³-hybridized carbons (Fsp3) is 0.125. The molecule has 0 spiro atoms. The molecule has 36 heavy (non-hydrogen) atoms. The van der Waals surface area contributed by atoms with Gasteiger partial charge in [-0.05, 0) is 61.4 Å². The fourth-order valence-corrected chi connectivity index (χ4v) is 4.54. The van der Waals surface area contributed by atoms with Crippen molar-refractivity contribution in [2.24, 2.45) is 5.73 Å². The zero-order chi connectivity index (χ0) is 25.4. The van der Waals surface area contributed by atoms with Gasteiger partial charge in [0.15, 0.2) is 16.3 Å². The number of fused-ring (bicyclic) bond motifs is 1. The second-order valence-corrected chi connectivity index (χ2v) is 10.1. The molecular formula is C24H20N6O5S. The van der Waals surface area contributed by atoms with Crippen molar-refractivity contribution in [2.45, 2.75) is 24.0 Å². The van der Waals surface area contributed by atoms with Crippen LogP contribution in [0.2, 0.25) is 0 Å². The first-order valence-electron chi connectivity index (χ1n) is 10.8. The van der Waals surface area contributed by atoms with Gasteiger partial charge in [0.05, 0.1) is 22.9 Å². The number of amides is 1. The van der Waals surface area contributed by atoms with Crippen molar-refractivity contribution in [3.8, 4) is 39.8 Å². The van der Waals surface area contributed by atoms with E-state index in [0.717, 1.165) is 0 Å². The van der Waals surface area contributed by atoms with Crippen LogP contribution in [-0.4, -0.2) is 41.0 Å². The van der Waals surface area contributed by atoms with Crippen LogP contribution >= 0.6 is 0 Å². The van der Waals surface area contributed by atoms with E-state index in [1.165, 1.54) is 6.20 Å². The number of H-pyrrole nitrogens is 2. The van der Waals surface area contributed by atoms with Crippen molar-refractivity contribution in [2.75, 3.05) is 0 Å². The number of carbonyl (C=O) groups excluding carboxylic acids is 1. The largest absolute Gasteiger partial charge is 0.611 e. The minimum absolute atomic E-state index is 0.00803. The maximum atomic E-state index is 12.4. The van der Waals surface area contributed by atoms with E-state index in [9.17, 15) is 14.1 Å². The van der Waals surface area contributed by atoms with Crippen molar-refractivity contribution >= 4 is 28.3 Å². The van der Waals surface area contributed by atoms with Gasteiger partial charge in [0.2, 0.25) is 0 Å². The van der Waals surface area contributed by atoms with Gasteiger partial charge < -0.3 is 29.5 Å². The van der Waals surface area contributed by atoms with E-state index < -0.39 is 17.3 Å². The number of rotatable bonds is 6. The predicted octanol–water partition coefficient (Wildman–Crippen LogP) is 3.61. The maximum absolute atomic E-state index is 12.4. The monoisotopic (exact) mass is 504 g/mol. The maximum Gasteiger partial charge on any atom is 0.411 e. The van der Waals surface area contributed by atoms with Crippen LogP contribution in [0.5, 0.6) is 5.88 Å². The number of nitrogens with two attached hydrogens (primary N) is 1. The molecular weight excluding hydrogens is 484 g/mol. The number of nitrogens with one attached hydrogen (secondary N) is 2. The standard InChI is InChI=1S/C24H20N6O5S/c1-12(2)36(33)15-6-3-13(4-7-15)19-11-26-22(34-23(25)31)21(27-19)20-10-17(30-35-20)14-5-8-16-18(9-14)29-24(32)28-16/h3-12H,1-2H3,(H2,25,31)(H2,28,29,32). The van der Waals surface area contributed by atoms with Crippen LogP contribution in [-0.2, 0) is 11.2 Å². The number of imidazole rings is 1. The molecule has 0 fully saturated rings. The fourth-order valence-electron chi connectivity index (χ4n) is 3.59. The zero-order valence-corrected chi connectivity index (χ0v) is 20.0. The molecule has 1 unspecified atom stereocenters. The Labute approximate surface area is 206 Å². The Morgan fingerprint density at radius 1 is 1.06 bits per heavy atom. The molecule has 0 saturated carbocycles. The van der Waals surface area contributed by atoms with Gasteiger partial charge in [0, 0.05) is 17.2 Å². The van der Waals surface area contributed by atoms with Crippen molar-refractivity contribution in [1.82, 2.24) is 25.1 Å². The minimum Gasteiger partial charge on any atom is -0.611 e. The van der Waals surface area contributed by atoms with Crippen LogP contribution in [0.1, 0.15) is 13.8 Å². The summed E-state index contributed by atoms with van der Waals surface area (Å²) in [6, 6.07) is 14.0. The molecule has 0 saturated heterocycles. The number of carbonyl (C=O) groups is 1. The zero-order valence-electron chi connectivity index (χ0n) is 19.1. The number of primary amides is 1. The molecule has 5 aromatic rings. The molecule has 5 rings (SSSR count). The Kier molecular flexibility index (Phi) is 6.04. The molecule has 0 aliphatic rings. The van der Waals surface area contributed by atoms with Crippen LogP contribution in [0.25, 0.3) is 45.0 Å². The van der Waals surface area contributed by atoms with E-state index in [-0.39, 0.29) is 28.3 Å². The van der Waals surface area contributed by atoms with Crippen molar-refractivity contribution in [3.05, 3.63) is 65.2 Å². The van der Waals surface area contributed by atoms with Crippen molar-refractivity contribution < 1.29 is 18.6 Å². The SMILES string of the molecule is CC(C)[S+]([O-])c1ccc(-c2cnc(OC(N)=O)c(-c3cc(-c4ccc5[nH]c(=O)[nH]c5c4)no3)n2)cc1. The lowest BCUT2D eigenvalue weighted by Gasteiger charge is -2.14. The van der Waals surface area contributed by atoms with E-state index in [2.05, 4.69) is 25.1 Å². The number of aromatic nitrogens is 5. The Morgan fingerprint density at radius 3 is 2.50 bits per heavy atom. The van der Waals surface area contributed by atoms with E-state index in [1.54, 1.807) is 48.5 Å². The van der Waals surface area contributed by atoms with Crippen LogP contribution in [0.3, 0.4) is 0 Å². The summed E-state index contributed by atoms with van der Waals surface area (Å²) < 4.78 is 22.9. The highest BCUT2D eigenvalue weighted by molar-refractivity contribution is 7.92. The molecule has 3 heterocycles. The third-order valence-corrected chi connectivity index (χ3v) is 6.90. The van der Waals surface area contributed by atoms with E-state index in [0.29, 0.717) is 38.4 Å². The number of benzene rings is 2. The Bertz CT molecular complexity index is 1620. The van der Waals surface area contributed by atoms with Gasteiger partial charge in [-0.15, -0.1) is 0 Å². The van der Waals surface area contributed by atoms with Crippen molar-refractivity contribution in [3.63, 3.8) is 0 Å². The average Bonchev–Trinajstić information content (AvgIpc) is 3.49. The van der Waals surface area contributed by atoms with Crippen LogP contribution in [0, 0.1) is 0 Å². The lowest BCUT2D eigenvalue weighted by atomic mass is 10.1. The second kappa shape index (κ2) is 9.32. The number of ether oxygens (including phenoxy) is 1. The van der Waals surface area contributed by atoms with Gasteiger partial charge in [-0.1, -0.05) is 11.2 Å². The van der Waals surface area contributed by atoms with Gasteiger partial charge >= 0.3 is 11.8 Å². The third kappa shape index (κ3) is 4.59. The summed E-state index contributed by atoms with van der Waals surface area (Å²) in [5.74, 6) is 0.0488. The molecule has 12 heteroatoms. The highest BCUT2D eigenvalue weighted by atomic mass is 32.2. The summed E-state index contributed by atoms with van der Waals surface area (Å²) in [7, 11) is 0. The topological polar surface area (TPSA) is 176 Å². The van der Waals surface area contributed by atoms with Crippen LogP contribution < -0.4 is 16.2 Å². The smallest absolute Gasteiger partial charge is 0.411 e. The Hall–Kier alpha value is -4.42.